The van der Waals surface area contributed by atoms with Crippen LogP contribution >= 0.6 is 11.8 Å². The van der Waals surface area contributed by atoms with Gasteiger partial charge in [0.25, 0.3) is 0 Å². The standard InChI is InChI=1S/C18H18N4O4S2/c1-28(25,26)12-6-8-19-18-15(12)17(27-13-5-2-7-20-21-13)16-11(10-14(23)24)4-3-9-22(16)18/h2,5-8,11H,3-4,9-10H2,1H3,(H,23,24). The Morgan fingerprint density at radius 1 is 1.36 bits per heavy atom. The lowest BCUT2D eigenvalue weighted by atomic mass is 9.93. The number of nitrogens with zero attached hydrogens (tertiary/aromatic N) is 4. The summed E-state index contributed by atoms with van der Waals surface area (Å²) in [4.78, 5) is 16.8. The van der Waals surface area contributed by atoms with Gasteiger partial charge in [-0.2, -0.15) is 5.10 Å². The third-order valence-corrected chi connectivity index (χ3v) is 6.98. The van der Waals surface area contributed by atoms with E-state index in [2.05, 4.69) is 15.2 Å². The number of fused-ring (bicyclic) bond motifs is 3. The first kappa shape index (κ1) is 18.9. The molecule has 0 aromatic carbocycles. The summed E-state index contributed by atoms with van der Waals surface area (Å²) in [7, 11) is -3.50. The number of rotatable bonds is 5. The predicted molar refractivity (Wildman–Crippen MR) is 103 cm³/mol. The summed E-state index contributed by atoms with van der Waals surface area (Å²) in [6.07, 6.45) is 5.75. The van der Waals surface area contributed by atoms with Crippen LogP contribution in [-0.2, 0) is 21.2 Å². The Bertz CT molecular complexity index is 1160. The molecule has 8 nitrogen and oxygen atoms in total. The molecular formula is C18H18N4O4S2. The van der Waals surface area contributed by atoms with Crippen molar-refractivity contribution in [2.45, 2.75) is 46.5 Å². The van der Waals surface area contributed by atoms with Gasteiger partial charge >= 0.3 is 5.97 Å². The molecular weight excluding hydrogens is 400 g/mol. The molecule has 1 N–H and O–H groups in total. The summed E-state index contributed by atoms with van der Waals surface area (Å²) in [6, 6.07) is 5.04. The number of aryl methyl sites for hydroxylation is 1. The Morgan fingerprint density at radius 3 is 2.86 bits per heavy atom. The van der Waals surface area contributed by atoms with Gasteiger partial charge in [-0.05, 0) is 31.0 Å². The highest BCUT2D eigenvalue weighted by atomic mass is 32.2. The van der Waals surface area contributed by atoms with Gasteiger partial charge in [-0.25, -0.2) is 13.4 Å². The maximum atomic E-state index is 12.5. The Kier molecular flexibility index (Phi) is 4.84. The summed E-state index contributed by atoms with van der Waals surface area (Å²) in [6.45, 7) is 0.670. The second kappa shape index (κ2) is 7.17. The van der Waals surface area contributed by atoms with Gasteiger partial charge in [0.15, 0.2) is 9.84 Å². The van der Waals surface area contributed by atoms with Gasteiger partial charge in [-0.1, -0.05) is 11.8 Å². The molecule has 0 aliphatic carbocycles. The van der Waals surface area contributed by atoms with Crippen LogP contribution in [0.15, 0.2) is 45.4 Å². The van der Waals surface area contributed by atoms with Crippen molar-refractivity contribution >= 4 is 38.6 Å². The van der Waals surface area contributed by atoms with Gasteiger partial charge in [0, 0.05) is 41.7 Å². The number of sulfone groups is 1. The van der Waals surface area contributed by atoms with Crippen molar-refractivity contribution in [3.8, 4) is 0 Å². The maximum Gasteiger partial charge on any atom is 0.304 e. The van der Waals surface area contributed by atoms with Crippen molar-refractivity contribution in [1.82, 2.24) is 19.7 Å². The fraction of sp³-hybridized carbons (Fsp3) is 0.333. The molecule has 0 saturated carbocycles. The quantitative estimate of drug-likeness (QED) is 0.672. The van der Waals surface area contributed by atoms with Gasteiger partial charge in [0.2, 0.25) is 0 Å². The fourth-order valence-electron chi connectivity index (χ4n) is 3.75. The Balaban J connectivity index is 2.03. The first-order valence-electron chi connectivity index (χ1n) is 8.74. The Hall–Kier alpha value is -2.46. The van der Waals surface area contributed by atoms with Crippen LogP contribution in [0.25, 0.3) is 11.0 Å². The van der Waals surface area contributed by atoms with Crippen LogP contribution in [0.3, 0.4) is 0 Å². The molecule has 0 spiro atoms. The average Bonchev–Trinajstić information content (AvgIpc) is 2.96. The van der Waals surface area contributed by atoms with Crippen LogP contribution in [0, 0.1) is 0 Å². The van der Waals surface area contributed by atoms with Gasteiger partial charge in [-0.15, -0.1) is 5.10 Å². The van der Waals surface area contributed by atoms with Crippen molar-refractivity contribution in [2.24, 2.45) is 0 Å². The predicted octanol–water partition coefficient (Wildman–Crippen LogP) is 2.73. The van der Waals surface area contributed by atoms with Crippen molar-refractivity contribution in [3.63, 3.8) is 0 Å². The third-order valence-electron chi connectivity index (χ3n) is 4.79. The van der Waals surface area contributed by atoms with E-state index in [0.29, 0.717) is 27.5 Å². The van der Waals surface area contributed by atoms with E-state index in [1.54, 1.807) is 18.3 Å². The van der Waals surface area contributed by atoms with Crippen LogP contribution in [0.5, 0.6) is 0 Å². The monoisotopic (exact) mass is 418 g/mol. The number of carboxylic acid groups (broad SMARTS) is 1. The summed E-state index contributed by atoms with van der Waals surface area (Å²) >= 11 is 1.31. The van der Waals surface area contributed by atoms with Crippen LogP contribution in [-0.4, -0.2) is 45.5 Å². The molecule has 1 unspecified atom stereocenters. The van der Waals surface area contributed by atoms with Crippen LogP contribution < -0.4 is 0 Å². The molecule has 1 aliphatic heterocycles. The number of hydrogen-bond donors (Lipinski definition) is 1. The second-order valence-corrected chi connectivity index (χ2v) is 9.76. The van der Waals surface area contributed by atoms with E-state index in [9.17, 15) is 18.3 Å². The molecule has 4 rings (SSSR count). The van der Waals surface area contributed by atoms with E-state index in [0.717, 1.165) is 18.5 Å². The molecule has 146 valence electrons. The van der Waals surface area contributed by atoms with Gasteiger partial charge < -0.3 is 9.67 Å². The van der Waals surface area contributed by atoms with E-state index in [1.165, 1.54) is 30.3 Å². The number of pyridine rings is 1. The van der Waals surface area contributed by atoms with E-state index >= 15 is 0 Å². The summed E-state index contributed by atoms with van der Waals surface area (Å²) < 4.78 is 26.9. The minimum absolute atomic E-state index is 0.0153. The molecule has 10 heteroatoms. The lowest BCUT2D eigenvalue weighted by molar-refractivity contribution is -0.137. The number of carboxylic acids is 1. The van der Waals surface area contributed by atoms with Crippen molar-refractivity contribution in [1.29, 1.82) is 0 Å². The van der Waals surface area contributed by atoms with Crippen LogP contribution in [0.1, 0.15) is 30.9 Å². The molecule has 28 heavy (non-hydrogen) atoms. The molecule has 3 aromatic rings. The van der Waals surface area contributed by atoms with E-state index < -0.39 is 15.8 Å². The average molecular weight is 419 g/mol. The van der Waals surface area contributed by atoms with Gasteiger partial charge in [0.1, 0.15) is 10.7 Å². The van der Waals surface area contributed by atoms with E-state index in [1.807, 2.05) is 4.57 Å². The Morgan fingerprint density at radius 2 is 2.18 bits per heavy atom. The number of carbonyl (C=O) groups is 1. The zero-order chi connectivity index (χ0) is 19.9. The largest absolute Gasteiger partial charge is 0.481 e. The summed E-state index contributed by atoms with van der Waals surface area (Å²) in [5, 5.41) is 18.5. The highest BCUT2D eigenvalue weighted by Crippen LogP contribution is 2.46. The van der Waals surface area contributed by atoms with E-state index in [-0.39, 0.29) is 17.2 Å². The number of aliphatic carboxylic acids is 1. The lowest BCUT2D eigenvalue weighted by Gasteiger charge is -2.25. The zero-order valence-electron chi connectivity index (χ0n) is 15.1. The SMILES string of the molecule is CS(=O)(=O)c1ccnc2c1c(Sc1cccnn1)c1n2CCCC1CC(=O)O. The van der Waals surface area contributed by atoms with Crippen molar-refractivity contribution in [2.75, 3.05) is 6.26 Å². The van der Waals surface area contributed by atoms with Crippen LogP contribution in [0.2, 0.25) is 0 Å². The summed E-state index contributed by atoms with van der Waals surface area (Å²) in [5.74, 6) is -1.09. The van der Waals surface area contributed by atoms with Crippen molar-refractivity contribution in [3.05, 3.63) is 36.3 Å². The van der Waals surface area contributed by atoms with Crippen LogP contribution in [0.4, 0.5) is 0 Å². The highest BCUT2D eigenvalue weighted by molar-refractivity contribution is 7.99. The third kappa shape index (κ3) is 3.37. The molecule has 0 saturated heterocycles. The molecule has 0 amide bonds. The van der Waals surface area contributed by atoms with Crippen molar-refractivity contribution < 1.29 is 18.3 Å². The smallest absolute Gasteiger partial charge is 0.304 e. The summed E-state index contributed by atoms with van der Waals surface area (Å²) in [5.41, 5.74) is 1.39. The normalized spacial score (nSPS) is 16.8. The Labute approximate surface area is 165 Å². The molecule has 1 atom stereocenters. The molecule has 4 heterocycles. The number of hydrogen-bond acceptors (Lipinski definition) is 7. The lowest BCUT2D eigenvalue weighted by Crippen LogP contribution is -2.18. The maximum absolute atomic E-state index is 12.5. The topological polar surface area (TPSA) is 115 Å². The second-order valence-electron chi connectivity index (χ2n) is 6.75. The zero-order valence-corrected chi connectivity index (χ0v) is 16.7. The highest BCUT2D eigenvalue weighted by Gasteiger charge is 2.32. The first-order valence-corrected chi connectivity index (χ1v) is 11.5. The minimum atomic E-state index is -3.50. The van der Waals surface area contributed by atoms with Gasteiger partial charge in [-0.3, -0.25) is 4.79 Å². The first-order chi connectivity index (χ1) is 13.4. The molecule has 0 bridgehead atoms. The number of aromatic nitrogens is 4. The van der Waals surface area contributed by atoms with Gasteiger partial charge in [0.05, 0.1) is 16.7 Å². The fourth-order valence-corrected chi connectivity index (χ4v) is 5.81. The minimum Gasteiger partial charge on any atom is -0.481 e. The molecule has 0 fully saturated rings. The van der Waals surface area contributed by atoms with E-state index in [4.69, 9.17) is 0 Å². The molecule has 1 aliphatic rings. The molecule has 3 aromatic heterocycles. The molecule has 0 radical (unpaired) electrons.